The van der Waals surface area contributed by atoms with E-state index in [0.29, 0.717) is 12.5 Å². The van der Waals surface area contributed by atoms with Gasteiger partial charge in [0.15, 0.2) is 0 Å². The molecule has 4 nitrogen and oxygen atoms in total. The van der Waals surface area contributed by atoms with Crippen LogP contribution in [-0.2, 0) is 9.53 Å². The molecule has 0 spiro atoms. The van der Waals surface area contributed by atoms with E-state index in [4.69, 9.17) is 4.74 Å². The molecule has 0 aromatic rings. The van der Waals surface area contributed by atoms with E-state index in [1.165, 1.54) is 12.8 Å². The number of nitrogens with zero attached hydrogens (tertiary/aromatic N) is 1. The predicted octanol–water partition coefficient (Wildman–Crippen LogP) is 3.01. The summed E-state index contributed by atoms with van der Waals surface area (Å²) in [7, 11) is 2.04. The highest BCUT2D eigenvalue weighted by Gasteiger charge is 2.36. The minimum Gasteiger partial charge on any atom is -0.481 e. The maximum atomic E-state index is 11.5. The Morgan fingerprint density at radius 1 is 1.40 bits per heavy atom. The van der Waals surface area contributed by atoms with Crippen LogP contribution in [-0.4, -0.2) is 48.3 Å². The molecule has 3 unspecified atom stereocenters. The van der Waals surface area contributed by atoms with E-state index in [1.54, 1.807) is 0 Å². The van der Waals surface area contributed by atoms with Crippen LogP contribution >= 0.6 is 0 Å². The van der Waals surface area contributed by atoms with Crippen LogP contribution in [0, 0.1) is 11.8 Å². The molecule has 0 heterocycles. The Kier molecular flexibility index (Phi) is 7.52. The lowest BCUT2D eigenvalue weighted by atomic mass is 9.76. The summed E-state index contributed by atoms with van der Waals surface area (Å²) in [6, 6.07) is 0.161. The Morgan fingerprint density at radius 2 is 2.10 bits per heavy atom. The highest BCUT2D eigenvalue weighted by molar-refractivity contribution is 5.71. The summed E-state index contributed by atoms with van der Waals surface area (Å²) in [4.78, 5) is 13.7. The molecule has 0 radical (unpaired) electrons. The van der Waals surface area contributed by atoms with E-state index < -0.39 is 5.97 Å². The molecule has 4 heteroatoms. The van der Waals surface area contributed by atoms with E-state index >= 15 is 0 Å². The zero-order valence-electron chi connectivity index (χ0n) is 13.5. The molecular weight excluding hydrogens is 254 g/mol. The summed E-state index contributed by atoms with van der Waals surface area (Å²) >= 11 is 0. The summed E-state index contributed by atoms with van der Waals surface area (Å²) in [5.74, 6) is -0.164. The first kappa shape index (κ1) is 17.4. The number of likely N-dealkylation sites (N-methyl/N-ethyl adjacent to an activating group) is 1. The molecule has 1 aliphatic rings. The maximum Gasteiger partial charge on any atom is 0.308 e. The third kappa shape index (κ3) is 5.41. The number of carbonyl (C=O) groups is 1. The molecule has 3 atom stereocenters. The minimum absolute atomic E-state index is 0.161. The lowest BCUT2D eigenvalue weighted by molar-refractivity contribution is -0.146. The zero-order chi connectivity index (χ0) is 15.1. The zero-order valence-corrected chi connectivity index (χ0v) is 13.5. The number of carboxylic acids is 1. The molecular formula is C16H31NO3. The fourth-order valence-corrected chi connectivity index (χ4v) is 3.28. The van der Waals surface area contributed by atoms with Crippen LogP contribution in [0.1, 0.15) is 52.9 Å². The van der Waals surface area contributed by atoms with Crippen LogP contribution in [0.4, 0.5) is 0 Å². The third-order valence-electron chi connectivity index (χ3n) is 4.40. The first-order valence-corrected chi connectivity index (χ1v) is 8.00. The Balaban J connectivity index is 2.56. The Morgan fingerprint density at radius 3 is 2.65 bits per heavy atom. The second-order valence-corrected chi connectivity index (χ2v) is 6.38. The van der Waals surface area contributed by atoms with Gasteiger partial charge in [-0.1, -0.05) is 19.8 Å². The first-order valence-electron chi connectivity index (χ1n) is 8.00. The van der Waals surface area contributed by atoms with E-state index in [-0.39, 0.29) is 18.1 Å². The second kappa shape index (κ2) is 8.63. The molecule has 1 N–H and O–H groups in total. The molecule has 1 saturated carbocycles. The summed E-state index contributed by atoms with van der Waals surface area (Å²) in [6.07, 6.45) is 5.55. The molecule has 118 valence electrons. The molecule has 0 aromatic carbocycles. The number of hydrogen-bond donors (Lipinski definition) is 1. The Hall–Kier alpha value is -0.610. The fourth-order valence-electron chi connectivity index (χ4n) is 3.28. The van der Waals surface area contributed by atoms with Crippen LogP contribution in [0.15, 0.2) is 0 Å². The van der Waals surface area contributed by atoms with Gasteiger partial charge >= 0.3 is 5.97 Å². The normalized spacial score (nSPS) is 27.2. The van der Waals surface area contributed by atoms with Crippen LogP contribution < -0.4 is 0 Å². The van der Waals surface area contributed by atoms with Gasteiger partial charge in [-0.25, -0.2) is 0 Å². The predicted molar refractivity (Wildman–Crippen MR) is 80.9 cm³/mol. The van der Waals surface area contributed by atoms with Gasteiger partial charge in [0.2, 0.25) is 0 Å². The van der Waals surface area contributed by atoms with E-state index in [0.717, 1.165) is 25.8 Å². The smallest absolute Gasteiger partial charge is 0.308 e. The first-order chi connectivity index (χ1) is 9.45. The van der Waals surface area contributed by atoms with Crippen molar-refractivity contribution in [2.75, 3.05) is 20.2 Å². The highest BCUT2D eigenvalue weighted by atomic mass is 16.5. The monoisotopic (exact) mass is 285 g/mol. The summed E-state index contributed by atoms with van der Waals surface area (Å²) in [5.41, 5.74) is 0. The topological polar surface area (TPSA) is 49.8 Å². The van der Waals surface area contributed by atoms with Crippen molar-refractivity contribution in [3.8, 4) is 0 Å². The van der Waals surface area contributed by atoms with Crippen molar-refractivity contribution < 1.29 is 14.6 Å². The van der Waals surface area contributed by atoms with Crippen molar-refractivity contribution in [3.05, 3.63) is 0 Å². The van der Waals surface area contributed by atoms with E-state index in [2.05, 4.69) is 11.8 Å². The third-order valence-corrected chi connectivity index (χ3v) is 4.40. The van der Waals surface area contributed by atoms with Crippen molar-refractivity contribution in [1.29, 1.82) is 0 Å². The quantitative estimate of drug-likeness (QED) is 0.745. The Labute approximate surface area is 123 Å². The molecule has 0 amide bonds. The van der Waals surface area contributed by atoms with Crippen molar-refractivity contribution in [2.24, 2.45) is 11.8 Å². The SMILES string of the molecule is CCCC1CCC(C(=O)O)C(N(C)CCOC(C)C)C1. The minimum atomic E-state index is -0.637. The number of rotatable bonds is 8. The van der Waals surface area contributed by atoms with Gasteiger partial charge < -0.3 is 14.7 Å². The van der Waals surface area contributed by atoms with Gasteiger partial charge in [-0.3, -0.25) is 4.79 Å². The molecule has 1 fully saturated rings. The van der Waals surface area contributed by atoms with Crippen molar-refractivity contribution >= 4 is 5.97 Å². The molecule has 0 aromatic heterocycles. The van der Waals surface area contributed by atoms with Crippen LogP contribution in [0.25, 0.3) is 0 Å². The van der Waals surface area contributed by atoms with Gasteiger partial charge in [0.25, 0.3) is 0 Å². The Bertz CT molecular complexity index is 293. The second-order valence-electron chi connectivity index (χ2n) is 6.38. The van der Waals surface area contributed by atoms with Crippen LogP contribution in [0.2, 0.25) is 0 Å². The highest BCUT2D eigenvalue weighted by Crippen LogP contribution is 2.34. The van der Waals surface area contributed by atoms with Crippen molar-refractivity contribution in [2.45, 2.75) is 65.0 Å². The fraction of sp³-hybridized carbons (Fsp3) is 0.938. The van der Waals surface area contributed by atoms with Gasteiger partial charge in [0, 0.05) is 12.6 Å². The van der Waals surface area contributed by atoms with Gasteiger partial charge in [-0.05, 0) is 46.1 Å². The lowest BCUT2D eigenvalue weighted by Crippen LogP contribution is -2.46. The largest absolute Gasteiger partial charge is 0.481 e. The molecule has 0 aliphatic heterocycles. The average Bonchev–Trinajstić information content (AvgIpc) is 2.38. The van der Waals surface area contributed by atoms with E-state index in [9.17, 15) is 9.90 Å². The summed E-state index contributed by atoms with van der Waals surface area (Å²) in [6.45, 7) is 7.75. The molecule has 0 saturated heterocycles. The maximum absolute atomic E-state index is 11.5. The molecule has 0 bridgehead atoms. The van der Waals surface area contributed by atoms with Gasteiger partial charge in [0.05, 0.1) is 18.6 Å². The summed E-state index contributed by atoms with van der Waals surface area (Å²) in [5, 5.41) is 9.43. The van der Waals surface area contributed by atoms with E-state index in [1.807, 2.05) is 20.9 Å². The standard InChI is InChI=1S/C16H31NO3/c1-5-6-13-7-8-14(16(18)19)15(11-13)17(4)9-10-20-12(2)3/h12-15H,5-11H2,1-4H3,(H,18,19). The van der Waals surface area contributed by atoms with Gasteiger partial charge in [-0.15, -0.1) is 0 Å². The number of hydrogen-bond acceptors (Lipinski definition) is 3. The van der Waals surface area contributed by atoms with Crippen LogP contribution in [0.5, 0.6) is 0 Å². The van der Waals surface area contributed by atoms with Gasteiger partial charge in [0.1, 0.15) is 0 Å². The van der Waals surface area contributed by atoms with Crippen LogP contribution in [0.3, 0.4) is 0 Å². The summed E-state index contributed by atoms with van der Waals surface area (Å²) < 4.78 is 5.58. The molecule has 1 rings (SSSR count). The average molecular weight is 285 g/mol. The number of ether oxygens (including phenoxy) is 1. The molecule has 1 aliphatic carbocycles. The number of carboxylic acid groups (broad SMARTS) is 1. The number of aliphatic carboxylic acids is 1. The van der Waals surface area contributed by atoms with Crippen molar-refractivity contribution in [3.63, 3.8) is 0 Å². The van der Waals surface area contributed by atoms with Crippen molar-refractivity contribution in [1.82, 2.24) is 4.90 Å². The van der Waals surface area contributed by atoms with Gasteiger partial charge in [-0.2, -0.15) is 0 Å². The lowest BCUT2D eigenvalue weighted by Gasteiger charge is -2.39. The molecule has 20 heavy (non-hydrogen) atoms.